The first-order valence-electron chi connectivity index (χ1n) is 6.74. The minimum absolute atomic E-state index is 0.215. The lowest BCUT2D eigenvalue weighted by Gasteiger charge is -2.46. The molecule has 3 nitrogen and oxygen atoms in total. The van der Waals surface area contributed by atoms with Crippen LogP contribution in [0.3, 0.4) is 0 Å². The molecule has 18 heavy (non-hydrogen) atoms. The number of methoxy groups -OCH3 is 1. The highest BCUT2D eigenvalue weighted by Gasteiger charge is 2.32. The molecular formula is C15H24N2O. The second-order valence-corrected chi connectivity index (χ2v) is 5.47. The minimum Gasteiger partial charge on any atom is -0.497 e. The highest BCUT2D eigenvalue weighted by molar-refractivity contribution is 5.51. The summed E-state index contributed by atoms with van der Waals surface area (Å²) in [5, 5.41) is 3.65. The van der Waals surface area contributed by atoms with Crippen LogP contribution in [0.15, 0.2) is 24.3 Å². The summed E-state index contributed by atoms with van der Waals surface area (Å²) in [5.41, 5.74) is 1.50. The summed E-state index contributed by atoms with van der Waals surface area (Å²) in [6.07, 6.45) is 1.15. The number of anilines is 1. The number of piperazine rings is 1. The van der Waals surface area contributed by atoms with E-state index < -0.39 is 0 Å². The van der Waals surface area contributed by atoms with Crippen molar-refractivity contribution in [3.63, 3.8) is 0 Å². The maximum atomic E-state index is 5.21. The molecule has 1 saturated heterocycles. The van der Waals surface area contributed by atoms with E-state index in [0.29, 0.717) is 6.04 Å². The smallest absolute Gasteiger partial charge is 0.119 e. The van der Waals surface area contributed by atoms with Crippen molar-refractivity contribution in [1.29, 1.82) is 0 Å². The van der Waals surface area contributed by atoms with E-state index in [1.54, 1.807) is 7.11 Å². The number of benzene rings is 1. The lowest BCUT2D eigenvalue weighted by molar-refractivity contribution is 0.285. The van der Waals surface area contributed by atoms with E-state index in [9.17, 15) is 0 Å². The van der Waals surface area contributed by atoms with Gasteiger partial charge in [0.2, 0.25) is 0 Å². The second-order valence-electron chi connectivity index (χ2n) is 5.47. The summed E-state index contributed by atoms with van der Waals surface area (Å²) < 4.78 is 5.21. The Balaban J connectivity index is 2.18. The summed E-state index contributed by atoms with van der Waals surface area (Å²) in [5.74, 6) is 0.916. The predicted molar refractivity (Wildman–Crippen MR) is 76.5 cm³/mol. The van der Waals surface area contributed by atoms with E-state index >= 15 is 0 Å². The third kappa shape index (κ3) is 2.61. The molecule has 3 heteroatoms. The molecule has 0 aromatic heterocycles. The normalized spacial score (nSPS) is 28.2. The van der Waals surface area contributed by atoms with Gasteiger partial charge < -0.3 is 15.0 Å². The molecule has 2 atom stereocenters. The molecule has 0 spiro atoms. The zero-order valence-electron chi connectivity index (χ0n) is 11.9. The van der Waals surface area contributed by atoms with Gasteiger partial charge in [0.15, 0.2) is 0 Å². The molecule has 0 saturated carbocycles. The van der Waals surface area contributed by atoms with Crippen LogP contribution in [0.1, 0.15) is 27.2 Å². The SMILES string of the molecule is CCC1(C)CN(c2ccc(OC)cc2)C(C)CN1. The van der Waals surface area contributed by atoms with Gasteiger partial charge in [0.1, 0.15) is 5.75 Å². The van der Waals surface area contributed by atoms with Crippen molar-refractivity contribution in [2.75, 3.05) is 25.1 Å². The Labute approximate surface area is 110 Å². The third-order valence-corrected chi connectivity index (χ3v) is 4.06. The molecule has 1 aromatic rings. The van der Waals surface area contributed by atoms with Crippen LogP contribution in [0, 0.1) is 0 Å². The lowest BCUT2D eigenvalue weighted by Crippen LogP contribution is -2.62. The Bertz CT molecular complexity index is 390. The van der Waals surface area contributed by atoms with E-state index in [4.69, 9.17) is 4.74 Å². The van der Waals surface area contributed by atoms with Gasteiger partial charge in [-0.05, 0) is 44.5 Å². The molecule has 1 N–H and O–H groups in total. The van der Waals surface area contributed by atoms with E-state index in [2.05, 4.69) is 43.1 Å². The molecule has 0 radical (unpaired) electrons. The molecule has 2 unspecified atom stereocenters. The van der Waals surface area contributed by atoms with E-state index in [1.807, 2.05) is 12.1 Å². The molecular weight excluding hydrogens is 224 g/mol. The van der Waals surface area contributed by atoms with E-state index in [0.717, 1.165) is 25.3 Å². The predicted octanol–water partition coefficient (Wildman–Crippen LogP) is 2.66. The fourth-order valence-electron chi connectivity index (χ4n) is 2.45. The van der Waals surface area contributed by atoms with Gasteiger partial charge in [0, 0.05) is 30.4 Å². The quantitative estimate of drug-likeness (QED) is 0.890. The maximum absolute atomic E-state index is 5.21. The minimum atomic E-state index is 0.215. The van der Waals surface area contributed by atoms with Crippen molar-refractivity contribution in [2.24, 2.45) is 0 Å². The Morgan fingerprint density at radius 3 is 2.61 bits per heavy atom. The number of ether oxygens (including phenoxy) is 1. The van der Waals surface area contributed by atoms with Gasteiger partial charge in [-0.3, -0.25) is 0 Å². The summed E-state index contributed by atoms with van der Waals surface area (Å²) in [6.45, 7) is 8.91. The Hall–Kier alpha value is -1.22. The fraction of sp³-hybridized carbons (Fsp3) is 0.600. The Morgan fingerprint density at radius 2 is 2.06 bits per heavy atom. The van der Waals surface area contributed by atoms with Crippen molar-refractivity contribution in [2.45, 2.75) is 38.8 Å². The molecule has 1 aliphatic rings. The van der Waals surface area contributed by atoms with Gasteiger partial charge in [-0.2, -0.15) is 0 Å². The van der Waals surface area contributed by atoms with Crippen molar-refractivity contribution in [3.8, 4) is 5.75 Å². The van der Waals surface area contributed by atoms with E-state index in [1.165, 1.54) is 5.69 Å². The number of nitrogens with one attached hydrogen (secondary N) is 1. The number of hydrogen-bond acceptors (Lipinski definition) is 3. The summed E-state index contributed by atoms with van der Waals surface area (Å²) in [4.78, 5) is 2.49. The number of rotatable bonds is 3. The van der Waals surface area contributed by atoms with Crippen molar-refractivity contribution >= 4 is 5.69 Å². The number of hydrogen-bond donors (Lipinski definition) is 1. The molecule has 0 bridgehead atoms. The molecule has 0 aliphatic carbocycles. The van der Waals surface area contributed by atoms with Gasteiger partial charge in [0.05, 0.1) is 7.11 Å². The molecule has 0 amide bonds. The monoisotopic (exact) mass is 248 g/mol. The Morgan fingerprint density at radius 1 is 1.39 bits per heavy atom. The zero-order valence-corrected chi connectivity index (χ0v) is 11.9. The van der Waals surface area contributed by atoms with Gasteiger partial charge >= 0.3 is 0 Å². The van der Waals surface area contributed by atoms with Crippen LogP contribution >= 0.6 is 0 Å². The van der Waals surface area contributed by atoms with Gasteiger partial charge in [-0.25, -0.2) is 0 Å². The molecule has 1 aliphatic heterocycles. The van der Waals surface area contributed by atoms with Crippen LogP contribution in [0.2, 0.25) is 0 Å². The maximum Gasteiger partial charge on any atom is 0.119 e. The molecule has 1 heterocycles. The topological polar surface area (TPSA) is 24.5 Å². The van der Waals surface area contributed by atoms with Crippen LogP contribution in [0.5, 0.6) is 5.75 Å². The summed E-state index contributed by atoms with van der Waals surface area (Å²) in [6, 6.07) is 8.90. The first kappa shape index (κ1) is 13.2. The highest BCUT2D eigenvalue weighted by Crippen LogP contribution is 2.26. The van der Waals surface area contributed by atoms with Crippen LogP contribution in [-0.2, 0) is 0 Å². The van der Waals surface area contributed by atoms with Crippen LogP contribution in [0.4, 0.5) is 5.69 Å². The van der Waals surface area contributed by atoms with Crippen molar-refractivity contribution < 1.29 is 4.74 Å². The highest BCUT2D eigenvalue weighted by atomic mass is 16.5. The van der Waals surface area contributed by atoms with Crippen LogP contribution < -0.4 is 15.0 Å². The second kappa shape index (κ2) is 5.19. The van der Waals surface area contributed by atoms with Crippen LogP contribution in [0.25, 0.3) is 0 Å². The lowest BCUT2D eigenvalue weighted by atomic mass is 9.93. The molecule has 1 fully saturated rings. The summed E-state index contributed by atoms with van der Waals surface area (Å²) >= 11 is 0. The Kier molecular flexibility index (Phi) is 3.81. The van der Waals surface area contributed by atoms with Crippen molar-refractivity contribution in [3.05, 3.63) is 24.3 Å². The third-order valence-electron chi connectivity index (χ3n) is 4.06. The van der Waals surface area contributed by atoms with Crippen molar-refractivity contribution in [1.82, 2.24) is 5.32 Å². The fourth-order valence-corrected chi connectivity index (χ4v) is 2.45. The first-order chi connectivity index (χ1) is 8.58. The van der Waals surface area contributed by atoms with E-state index in [-0.39, 0.29) is 5.54 Å². The number of nitrogens with zero attached hydrogens (tertiary/aromatic N) is 1. The molecule has 1 aromatic carbocycles. The van der Waals surface area contributed by atoms with Gasteiger partial charge in [0.25, 0.3) is 0 Å². The molecule has 2 rings (SSSR count). The van der Waals surface area contributed by atoms with Crippen LogP contribution in [-0.4, -0.2) is 31.8 Å². The standard InChI is InChI=1S/C15H24N2O/c1-5-15(3)11-17(12(2)10-16-15)13-6-8-14(18-4)9-7-13/h6-9,12,16H,5,10-11H2,1-4H3. The molecule has 100 valence electrons. The average molecular weight is 248 g/mol. The van der Waals surface area contributed by atoms with Gasteiger partial charge in [-0.1, -0.05) is 6.92 Å². The largest absolute Gasteiger partial charge is 0.497 e. The average Bonchev–Trinajstić information content (AvgIpc) is 2.42. The summed E-state index contributed by atoms with van der Waals surface area (Å²) in [7, 11) is 1.70. The zero-order chi connectivity index (χ0) is 13.2. The first-order valence-corrected chi connectivity index (χ1v) is 6.74. The van der Waals surface area contributed by atoms with Gasteiger partial charge in [-0.15, -0.1) is 0 Å².